The van der Waals surface area contributed by atoms with Gasteiger partial charge in [0.05, 0.1) is 5.92 Å². The molecule has 62 valence electrons. The number of hydrogen-bond donors (Lipinski definition) is 0. The molecule has 0 spiro atoms. The summed E-state index contributed by atoms with van der Waals surface area (Å²) in [6.45, 7) is 2.25. The predicted octanol–water partition coefficient (Wildman–Crippen LogP) is 2.93. The normalized spacial score (nSPS) is 18.6. The van der Waals surface area contributed by atoms with E-state index < -0.39 is 18.3 Å². The van der Waals surface area contributed by atoms with Crippen molar-refractivity contribution in [3.05, 3.63) is 0 Å². The van der Waals surface area contributed by atoms with Gasteiger partial charge in [0.15, 0.2) is 0 Å². The van der Waals surface area contributed by atoms with Crippen molar-refractivity contribution in [2.45, 2.75) is 32.6 Å². The molecule has 2 atom stereocenters. The average molecular weight is 158 g/mol. The second-order valence-electron chi connectivity index (χ2n) is 2.25. The van der Waals surface area contributed by atoms with Crippen LogP contribution in [0.1, 0.15) is 20.3 Å². The summed E-state index contributed by atoms with van der Waals surface area (Å²) in [4.78, 5) is 0. The van der Waals surface area contributed by atoms with Crippen LogP contribution in [0.4, 0.5) is 17.6 Å². The van der Waals surface area contributed by atoms with E-state index in [0.29, 0.717) is 0 Å². The monoisotopic (exact) mass is 158 g/mol. The van der Waals surface area contributed by atoms with Crippen molar-refractivity contribution in [2.24, 2.45) is 5.92 Å². The summed E-state index contributed by atoms with van der Waals surface area (Å²) >= 11 is 0. The molecule has 1 unspecified atom stereocenters. The fraction of sp³-hybridized carbons (Fsp3) is 1.00. The highest BCUT2D eigenvalue weighted by molar-refractivity contribution is 4.69. The number of rotatable bonds is 2. The Hall–Kier alpha value is -0.280. The highest BCUT2D eigenvalue weighted by Gasteiger charge is 2.40. The van der Waals surface area contributed by atoms with E-state index in [1.807, 2.05) is 0 Å². The lowest BCUT2D eigenvalue weighted by atomic mass is 10.0. The maximum Gasteiger partial charge on any atom is 0.394 e. The lowest BCUT2D eigenvalue weighted by molar-refractivity contribution is -0.185. The van der Waals surface area contributed by atoms with Crippen LogP contribution in [-0.2, 0) is 0 Å². The summed E-state index contributed by atoms with van der Waals surface area (Å²) in [5.74, 6) is -1.84. The summed E-state index contributed by atoms with van der Waals surface area (Å²) in [6.07, 6.45) is -6.24. The first-order valence-electron chi connectivity index (χ1n) is 3.10. The first kappa shape index (κ1) is 9.72. The fourth-order valence-corrected chi connectivity index (χ4v) is 0.559. The van der Waals surface area contributed by atoms with E-state index >= 15 is 0 Å². The molecule has 0 bridgehead atoms. The Morgan fingerprint density at radius 2 is 1.70 bits per heavy atom. The van der Waals surface area contributed by atoms with Crippen LogP contribution in [0.15, 0.2) is 0 Å². The van der Waals surface area contributed by atoms with E-state index in [2.05, 4.69) is 0 Å². The van der Waals surface area contributed by atoms with Gasteiger partial charge in [0.25, 0.3) is 0 Å². The Balaban J connectivity index is 3.94. The van der Waals surface area contributed by atoms with Crippen LogP contribution in [0.5, 0.6) is 0 Å². The molecule has 0 aliphatic rings. The van der Waals surface area contributed by atoms with Crippen LogP contribution >= 0.6 is 0 Å². The molecule has 0 N–H and O–H groups in total. The van der Waals surface area contributed by atoms with Gasteiger partial charge in [-0.2, -0.15) is 13.2 Å². The predicted molar refractivity (Wildman–Crippen MR) is 30.4 cm³/mol. The van der Waals surface area contributed by atoms with Crippen molar-refractivity contribution in [3.63, 3.8) is 0 Å². The molecule has 0 saturated carbocycles. The lowest BCUT2D eigenvalue weighted by Crippen LogP contribution is -2.28. The van der Waals surface area contributed by atoms with Crippen LogP contribution in [-0.4, -0.2) is 12.3 Å². The van der Waals surface area contributed by atoms with Crippen LogP contribution in [0.3, 0.4) is 0 Å². The van der Waals surface area contributed by atoms with Gasteiger partial charge in [0.1, 0.15) is 6.17 Å². The van der Waals surface area contributed by atoms with Gasteiger partial charge >= 0.3 is 6.18 Å². The zero-order valence-corrected chi connectivity index (χ0v) is 5.87. The Bertz CT molecular complexity index is 96.4. The molecule has 4 heteroatoms. The second kappa shape index (κ2) is 3.21. The van der Waals surface area contributed by atoms with Crippen molar-refractivity contribution >= 4 is 0 Å². The van der Waals surface area contributed by atoms with Crippen LogP contribution < -0.4 is 0 Å². The van der Waals surface area contributed by atoms with E-state index in [9.17, 15) is 17.6 Å². The molecule has 0 saturated heterocycles. The molecule has 0 aliphatic carbocycles. The van der Waals surface area contributed by atoms with Gasteiger partial charge in [-0.15, -0.1) is 0 Å². The summed E-state index contributed by atoms with van der Waals surface area (Å²) in [6, 6.07) is 0. The standard InChI is InChI=1S/C6H10F4/c1-3-5(7)4(2)6(8,9)10/h4-5H,3H2,1-2H3/t4-,5?/m1/s1. The molecule has 0 aromatic heterocycles. The Labute approximate surface area is 57.2 Å². The molecular weight excluding hydrogens is 148 g/mol. The minimum absolute atomic E-state index is 0.0827. The van der Waals surface area contributed by atoms with Crippen molar-refractivity contribution < 1.29 is 17.6 Å². The summed E-state index contributed by atoms with van der Waals surface area (Å²) < 4.78 is 47.2. The maximum absolute atomic E-state index is 12.3. The first-order valence-corrected chi connectivity index (χ1v) is 3.10. The summed E-state index contributed by atoms with van der Waals surface area (Å²) in [7, 11) is 0. The first-order chi connectivity index (χ1) is 4.39. The van der Waals surface area contributed by atoms with Gasteiger partial charge in [-0.1, -0.05) is 13.8 Å². The second-order valence-corrected chi connectivity index (χ2v) is 2.25. The van der Waals surface area contributed by atoms with Crippen LogP contribution in [0.25, 0.3) is 0 Å². The topological polar surface area (TPSA) is 0 Å². The quantitative estimate of drug-likeness (QED) is 0.542. The van der Waals surface area contributed by atoms with Gasteiger partial charge in [0, 0.05) is 0 Å². The molecule has 10 heavy (non-hydrogen) atoms. The highest BCUT2D eigenvalue weighted by Crippen LogP contribution is 2.30. The van der Waals surface area contributed by atoms with E-state index in [1.165, 1.54) is 6.92 Å². The third-order valence-corrected chi connectivity index (χ3v) is 1.45. The smallest absolute Gasteiger partial charge is 0.247 e. The molecule has 0 nitrogen and oxygen atoms in total. The third-order valence-electron chi connectivity index (χ3n) is 1.45. The zero-order chi connectivity index (χ0) is 8.36. The number of halogens is 4. The molecular formula is C6H10F4. The van der Waals surface area contributed by atoms with Crippen LogP contribution in [0, 0.1) is 5.92 Å². The van der Waals surface area contributed by atoms with Gasteiger partial charge in [-0.05, 0) is 6.42 Å². The summed E-state index contributed by atoms with van der Waals surface area (Å²) in [5, 5.41) is 0. The average Bonchev–Trinajstić information content (AvgIpc) is 1.83. The highest BCUT2D eigenvalue weighted by atomic mass is 19.4. The number of hydrogen-bond acceptors (Lipinski definition) is 0. The van der Waals surface area contributed by atoms with E-state index in [1.54, 1.807) is 0 Å². The van der Waals surface area contributed by atoms with Gasteiger partial charge in [-0.3, -0.25) is 0 Å². The Morgan fingerprint density at radius 3 is 1.80 bits per heavy atom. The number of alkyl halides is 4. The van der Waals surface area contributed by atoms with E-state index in [0.717, 1.165) is 6.92 Å². The third kappa shape index (κ3) is 2.54. The van der Waals surface area contributed by atoms with Crippen molar-refractivity contribution in [1.29, 1.82) is 0 Å². The lowest BCUT2D eigenvalue weighted by Gasteiger charge is -2.17. The molecule has 0 radical (unpaired) electrons. The maximum atomic E-state index is 12.3. The SMILES string of the molecule is CCC(F)[C@@H](C)C(F)(F)F. The minimum Gasteiger partial charge on any atom is -0.247 e. The van der Waals surface area contributed by atoms with Crippen LogP contribution in [0.2, 0.25) is 0 Å². The molecule has 0 rings (SSSR count). The zero-order valence-electron chi connectivity index (χ0n) is 5.87. The van der Waals surface area contributed by atoms with Gasteiger partial charge < -0.3 is 0 Å². The molecule has 0 aromatic carbocycles. The van der Waals surface area contributed by atoms with Crippen molar-refractivity contribution in [3.8, 4) is 0 Å². The Morgan fingerprint density at radius 1 is 1.30 bits per heavy atom. The molecule has 0 aliphatic heterocycles. The molecule has 0 amide bonds. The molecule has 0 heterocycles. The van der Waals surface area contributed by atoms with Crippen molar-refractivity contribution in [1.82, 2.24) is 0 Å². The molecule has 0 aromatic rings. The van der Waals surface area contributed by atoms with E-state index in [4.69, 9.17) is 0 Å². The van der Waals surface area contributed by atoms with Gasteiger partial charge in [-0.25, -0.2) is 4.39 Å². The van der Waals surface area contributed by atoms with Crippen molar-refractivity contribution in [2.75, 3.05) is 0 Å². The minimum atomic E-state index is -4.39. The van der Waals surface area contributed by atoms with E-state index in [-0.39, 0.29) is 6.42 Å². The van der Waals surface area contributed by atoms with Gasteiger partial charge in [0.2, 0.25) is 0 Å². The largest absolute Gasteiger partial charge is 0.394 e. The fourth-order valence-electron chi connectivity index (χ4n) is 0.559. The Kier molecular flexibility index (Phi) is 3.12. The molecule has 0 fully saturated rings. The summed E-state index contributed by atoms with van der Waals surface area (Å²) in [5.41, 5.74) is 0.